The first-order valence-corrected chi connectivity index (χ1v) is 10.5. The molecule has 1 aromatic heterocycles. The Balaban J connectivity index is 1.44. The van der Waals surface area contributed by atoms with E-state index in [0.717, 1.165) is 48.0 Å². The third-order valence-electron chi connectivity index (χ3n) is 5.25. The predicted molar refractivity (Wildman–Crippen MR) is 119 cm³/mol. The maximum Gasteiger partial charge on any atom is 0.229 e. The molecule has 1 aliphatic rings. The number of hydrogen-bond acceptors (Lipinski definition) is 5. The zero-order valence-electron chi connectivity index (χ0n) is 16.6. The van der Waals surface area contributed by atoms with E-state index in [9.17, 15) is 4.79 Å². The number of carbonyl (C=O) groups excluding carboxylic acids is 1. The third kappa shape index (κ3) is 3.97. The molecule has 0 aliphatic carbocycles. The van der Waals surface area contributed by atoms with Crippen LogP contribution in [0.2, 0.25) is 0 Å². The van der Waals surface area contributed by atoms with Crippen LogP contribution in [0.4, 0.5) is 16.5 Å². The van der Waals surface area contributed by atoms with E-state index in [1.165, 1.54) is 10.3 Å². The van der Waals surface area contributed by atoms with Gasteiger partial charge in [-0.2, -0.15) is 0 Å². The summed E-state index contributed by atoms with van der Waals surface area (Å²) in [5.41, 5.74) is 4.26. The molecule has 5 nitrogen and oxygen atoms in total. The van der Waals surface area contributed by atoms with Gasteiger partial charge in [0.2, 0.25) is 5.91 Å². The molecular weight excluding hydrogens is 368 g/mol. The monoisotopic (exact) mass is 394 g/mol. The molecule has 0 bridgehead atoms. The average Bonchev–Trinajstić information content (AvgIpc) is 3.11. The highest BCUT2D eigenvalue weighted by Crippen LogP contribution is 2.32. The zero-order valence-corrected chi connectivity index (χ0v) is 17.4. The minimum atomic E-state index is -0.0176. The number of benzene rings is 2. The van der Waals surface area contributed by atoms with Crippen molar-refractivity contribution in [1.29, 1.82) is 0 Å². The van der Waals surface area contributed by atoms with Crippen molar-refractivity contribution in [1.82, 2.24) is 4.98 Å². The Morgan fingerprint density at radius 2 is 2.00 bits per heavy atom. The lowest BCUT2D eigenvalue weighted by molar-refractivity contribution is -0.120. The van der Waals surface area contributed by atoms with Gasteiger partial charge in [-0.3, -0.25) is 4.79 Å². The van der Waals surface area contributed by atoms with Crippen LogP contribution in [0.15, 0.2) is 42.5 Å². The molecule has 3 aromatic rings. The van der Waals surface area contributed by atoms with Crippen LogP contribution in [0, 0.1) is 12.8 Å². The average molecular weight is 395 g/mol. The molecule has 2 aromatic carbocycles. The number of fused-ring (bicyclic) bond motifs is 1. The summed E-state index contributed by atoms with van der Waals surface area (Å²) in [5.74, 6) is 0.0790. The standard InChI is InChI=1S/C22H26N4OS/c1-15-6-11-19-20(13-15)28-22(24-19)26-12-4-5-16(14-26)21(27)23-17-7-9-18(10-8-17)25(2)3/h6-11,13,16H,4-5,12,14H2,1-3H3,(H,23,27). The van der Waals surface area contributed by atoms with E-state index in [1.807, 2.05) is 43.3 Å². The number of aromatic nitrogens is 1. The van der Waals surface area contributed by atoms with Crippen molar-refractivity contribution in [3.8, 4) is 0 Å². The molecule has 0 spiro atoms. The molecule has 1 amide bonds. The van der Waals surface area contributed by atoms with Crippen LogP contribution in [0.1, 0.15) is 18.4 Å². The van der Waals surface area contributed by atoms with Gasteiger partial charge < -0.3 is 15.1 Å². The highest BCUT2D eigenvalue weighted by molar-refractivity contribution is 7.22. The number of hydrogen-bond donors (Lipinski definition) is 1. The molecule has 28 heavy (non-hydrogen) atoms. The number of nitrogens with zero attached hydrogens (tertiary/aromatic N) is 3. The molecule has 2 heterocycles. The van der Waals surface area contributed by atoms with E-state index in [4.69, 9.17) is 4.98 Å². The maximum atomic E-state index is 12.8. The number of aryl methyl sites for hydroxylation is 1. The Labute approximate surface area is 170 Å². The van der Waals surface area contributed by atoms with E-state index in [1.54, 1.807) is 11.3 Å². The molecule has 1 N–H and O–H groups in total. The summed E-state index contributed by atoms with van der Waals surface area (Å²) in [6, 6.07) is 14.3. The summed E-state index contributed by atoms with van der Waals surface area (Å²) in [5, 5.41) is 4.10. The Kier molecular flexibility index (Phi) is 5.22. The largest absolute Gasteiger partial charge is 0.378 e. The van der Waals surface area contributed by atoms with Crippen molar-refractivity contribution < 1.29 is 4.79 Å². The maximum absolute atomic E-state index is 12.8. The molecular formula is C22H26N4OS. The fraction of sp³-hybridized carbons (Fsp3) is 0.364. The van der Waals surface area contributed by atoms with Crippen molar-refractivity contribution in [2.45, 2.75) is 19.8 Å². The SMILES string of the molecule is Cc1ccc2nc(N3CCCC(C(=O)Nc4ccc(N(C)C)cc4)C3)sc2c1. The van der Waals surface area contributed by atoms with Gasteiger partial charge in [-0.25, -0.2) is 4.98 Å². The highest BCUT2D eigenvalue weighted by Gasteiger charge is 2.27. The first-order valence-electron chi connectivity index (χ1n) is 9.70. The highest BCUT2D eigenvalue weighted by atomic mass is 32.1. The minimum absolute atomic E-state index is 0.0176. The van der Waals surface area contributed by atoms with Gasteiger partial charge in [0.1, 0.15) is 0 Å². The Hall–Kier alpha value is -2.60. The quantitative estimate of drug-likeness (QED) is 0.706. The van der Waals surface area contributed by atoms with E-state index >= 15 is 0 Å². The van der Waals surface area contributed by atoms with Gasteiger partial charge in [0, 0.05) is 38.6 Å². The molecule has 0 saturated carbocycles. The smallest absolute Gasteiger partial charge is 0.229 e. The number of thiazole rings is 1. The molecule has 1 aliphatic heterocycles. The fourth-order valence-corrected chi connectivity index (χ4v) is 4.71. The van der Waals surface area contributed by atoms with Crippen LogP contribution < -0.4 is 15.1 Å². The number of piperidine rings is 1. The summed E-state index contributed by atoms with van der Waals surface area (Å²) >= 11 is 1.72. The lowest BCUT2D eigenvalue weighted by Crippen LogP contribution is -2.40. The summed E-state index contributed by atoms with van der Waals surface area (Å²) in [4.78, 5) is 21.9. The third-order valence-corrected chi connectivity index (χ3v) is 6.33. The van der Waals surface area contributed by atoms with Gasteiger partial charge in [0.05, 0.1) is 16.1 Å². The lowest BCUT2D eigenvalue weighted by Gasteiger charge is -2.31. The van der Waals surface area contributed by atoms with Crippen LogP contribution in [0.3, 0.4) is 0 Å². The van der Waals surface area contributed by atoms with Crippen LogP contribution in [0.5, 0.6) is 0 Å². The van der Waals surface area contributed by atoms with Crippen LogP contribution >= 0.6 is 11.3 Å². The summed E-state index contributed by atoms with van der Waals surface area (Å²) in [6.45, 7) is 3.78. The number of rotatable bonds is 4. The molecule has 1 unspecified atom stereocenters. The molecule has 1 atom stereocenters. The zero-order chi connectivity index (χ0) is 19.7. The van der Waals surface area contributed by atoms with Crippen LogP contribution in [-0.2, 0) is 4.79 Å². The van der Waals surface area contributed by atoms with Crippen molar-refractivity contribution in [3.63, 3.8) is 0 Å². The molecule has 6 heteroatoms. The van der Waals surface area contributed by atoms with Crippen molar-refractivity contribution >= 4 is 44.0 Å². The number of carbonyl (C=O) groups is 1. The second kappa shape index (κ2) is 7.80. The van der Waals surface area contributed by atoms with E-state index in [-0.39, 0.29) is 11.8 Å². The van der Waals surface area contributed by atoms with Gasteiger partial charge >= 0.3 is 0 Å². The topological polar surface area (TPSA) is 48.5 Å². The van der Waals surface area contributed by atoms with Gasteiger partial charge in [0.25, 0.3) is 0 Å². The van der Waals surface area contributed by atoms with Crippen molar-refractivity contribution in [3.05, 3.63) is 48.0 Å². The molecule has 146 valence electrons. The second-order valence-corrected chi connectivity index (χ2v) is 8.69. The second-order valence-electron chi connectivity index (χ2n) is 7.68. The molecule has 0 radical (unpaired) electrons. The van der Waals surface area contributed by atoms with E-state index in [2.05, 4.69) is 35.3 Å². The predicted octanol–water partition coefficient (Wildman–Crippen LogP) is 4.53. The Bertz CT molecular complexity index is 980. The van der Waals surface area contributed by atoms with Crippen molar-refractivity contribution in [2.24, 2.45) is 5.92 Å². The summed E-state index contributed by atoms with van der Waals surface area (Å²) < 4.78 is 1.21. The fourth-order valence-electron chi connectivity index (χ4n) is 3.61. The van der Waals surface area contributed by atoms with E-state index in [0.29, 0.717) is 0 Å². The first-order chi connectivity index (χ1) is 13.5. The Morgan fingerprint density at radius 1 is 1.21 bits per heavy atom. The number of anilines is 3. The lowest BCUT2D eigenvalue weighted by atomic mass is 9.97. The Morgan fingerprint density at radius 3 is 2.75 bits per heavy atom. The molecule has 1 fully saturated rings. The van der Waals surface area contributed by atoms with E-state index < -0.39 is 0 Å². The molecule has 4 rings (SSSR count). The normalized spacial score (nSPS) is 17.0. The molecule has 1 saturated heterocycles. The van der Waals surface area contributed by atoms with Gasteiger partial charge in [-0.15, -0.1) is 0 Å². The van der Waals surface area contributed by atoms with Gasteiger partial charge in [-0.1, -0.05) is 17.4 Å². The number of amides is 1. The van der Waals surface area contributed by atoms with Crippen molar-refractivity contribution in [2.75, 3.05) is 42.3 Å². The van der Waals surface area contributed by atoms with Crippen LogP contribution in [-0.4, -0.2) is 38.1 Å². The van der Waals surface area contributed by atoms with Crippen LogP contribution in [0.25, 0.3) is 10.2 Å². The number of nitrogens with one attached hydrogen (secondary N) is 1. The summed E-state index contributed by atoms with van der Waals surface area (Å²) in [6.07, 6.45) is 1.93. The first kappa shape index (κ1) is 18.7. The summed E-state index contributed by atoms with van der Waals surface area (Å²) in [7, 11) is 4.01. The van der Waals surface area contributed by atoms with Gasteiger partial charge in [0.15, 0.2) is 5.13 Å². The van der Waals surface area contributed by atoms with Gasteiger partial charge in [-0.05, 0) is 61.7 Å². The minimum Gasteiger partial charge on any atom is -0.378 e.